The number of aldehydes is 1. The molecule has 1 aromatic rings. The second-order valence-corrected chi connectivity index (χ2v) is 9.88. The van der Waals surface area contributed by atoms with Crippen molar-refractivity contribution in [3.8, 4) is 0 Å². The first-order chi connectivity index (χ1) is 16.0. The van der Waals surface area contributed by atoms with E-state index in [2.05, 4.69) is 54.1 Å². The predicted molar refractivity (Wildman–Crippen MR) is 127 cm³/mol. The Morgan fingerprint density at radius 1 is 1.21 bits per heavy atom. The number of rotatable bonds is 13. The molecule has 0 spiro atoms. The first-order valence-electron chi connectivity index (χ1n) is 12.4. The minimum absolute atomic E-state index is 0.0389. The fourth-order valence-electron chi connectivity index (χ4n) is 4.99. The van der Waals surface area contributed by atoms with Crippen molar-refractivity contribution in [3.63, 3.8) is 0 Å². The van der Waals surface area contributed by atoms with E-state index in [1.54, 1.807) is 0 Å². The van der Waals surface area contributed by atoms with Gasteiger partial charge in [0.1, 0.15) is 6.29 Å². The lowest BCUT2D eigenvalue weighted by Gasteiger charge is -2.25. The van der Waals surface area contributed by atoms with Crippen LogP contribution >= 0.6 is 0 Å². The molecule has 5 atom stereocenters. The van der Waals surface area contributed by atoms with Crippen molar-refractivity contribution >= 4 is 18.1 Å². The van der Waals surface area contributed by atoms with E-state index in [-0.39, 0.29) is 23.8 Å². The summed E-state index contributed by atoms with van der Waals surface area (Å²) in [6, 6.07) is 9.40. The third kappa shape index (κ3) is 7.93. The van der Waals surface area contributed by atoms with E-state index in [9.17, 15) is 14.4 Å². The van der Waals surface area contributed by atoms with Crippen LogP contribution in [-0.2, 0) is 25.5 Å². The second kappa shape index (κ2) is 12.8. The number of benzene rings is 1. The standard InChI is InChI=1S/C26H39N3O4/c1-18(2)13-23(26(32)29-22(16-30)15-21-11-12-27-25(21)31)28-17-33-24-10-6-9-20(24)14-19-7-4-3-5-8-19/h3-5,7-8,16,18,20-24,28H,6,9-15,17H2,1-2H3,(H,27,31)(H,29,32)/t20?,21-,22-,23-,24?/m0/s1. The molecule has 1 heterocycles. The molecule has 1 saturated carbocycles. The van der Waals surface area contributed by atoms with Crippen molar-refractivity contribution in [2.45, 2.75) is 77.0 Å². The number of hydrogen-bond acceptors (Lipinski definition) is 5. The highest BCUT2D eigenvalue weighted by Crippen LogP contribution is 2.31. The molecule has 7 heteroatoms. The first kappa shape index (κ1) is 25.4. The molecule has 1 aliphatic heterocycles. The average molecular weight is 458 g/mol. The van der Waals surface area contributed by atoms with Crippen molar-refractivity contribution < 1.29 is 19.1 Å². The van der Waals surface area contributed by atoms with Gasteiger partial charge in [-0.3, -0.25) is 14.9 Å². The summed E-state index contributed by atoms with van der Waals surface area (Å²) in [5.41, 5.74) is 1.33. The van der Waals surface area contributed by atoms with Crippen LogP contribution in [0.3, 0.4) is 0 Å². The van der Waals surface area contributed by atoms with E-state index in [4.69, 9.17) is 4.74 Å². The molecule has 1 saturated heterocycles. The van der Waals surface area contributed by atoms with Crippen molar-refractivity contribution in [1.82, 2.24) is 16.0 Å². The maximum atomic E-state index is 12.9. The van der Waals surface area contributed by atoms with E-state index in [1.165, 1.54) is 5.56 Å². The molecule has 182 valence electrons. The van der Waals surface area contributed by atoms with Crippen LogP contribution in [0.5, 0.6) is 0 Å². The average Bonchev–Trinajstić information content (AvgIpc) is 3.41. The summed E-state index contributed by atoms with van der Waals surface area (Å²) in [5, 5.41) is 8.88. The largest absolute Gasteiger partial charge is 0.363 e. The normalized spacial score (nSPS) is 24.5. The van der Waals surface area contributed by atoms with Crippen LogP contribution in [0.1, 0.15) is 57.9 Å². The molecular weight excluding hydrogens is 418 g/mol. The zero-order chi connectivity index (χ0) is 23.6. The third-order valence-corrected chi connectivity index (χ3v) is 6.77. The van der Waals surface area contributed by atoms with Crippen LogP contribution in [0, 0.1) is 17.8 Å². The molecular formula is C26H39N3O4. The molecule has 3 N–H and O–H groups in total. The van der Waals surface area contributed by atoms with E-state index in [0.717, 1.165) is 32.0 Å². The second-order valence-electron chi connectivity index (χ2n) is 9.88. The van der Waals surface area contributed by atoms with Gasteiger partial charge < -0.3 is 20.2 Å². The molecule has 0 bridgehead atoms. The first-order valence-corrected chi connectivity index (χ1v) is 12.4. The van der Waals surface area contributed by atoms with Gasteiger partial charge in [-0.05, 0) is 55.9 Å². The summed E-state index contributed by atoms with van der Waals surface area (Å²) in [6.07, 6.45) is 6.97. The summed E-state index contributed by atoms with van der Waals surface area (Å²) in [5.74, 6) is 0.326. The molecule has 3 rings (SSSR count). The molecule has 33 heavy (non-hydrogen) atoms. The summed E-state index contributed by atoms with van der Waals surface area (Å²) < 4.78 is 6.19. The Bertz CT molecular complexity index is 770. The van der Waals surface area contributed by atoms with Gasteiger partial charge in [-0.2, -0.15) is 0 Å². The summed E-state index contributed by atoms with van der Waals surface area (Å²) in [6.45, 7) is 5.06. The topological polar surface area (TPSA) is 96.5 Å². The van der Waals surface area contributed by atoms with Gasteiger partial charge in [0.15, 0.2) is 0 Å². The number of hydrogen-bond donors (Lipinski definition) is 3. The fraction of sp³-hybridized carbons (Fsp3) is 0.654. The van der Waals surface area contributed by atoms with E-state index in [1.807, 2.05) is 6.07 Å². The zero-order valence-corrected chi connectivity index (χ0v) is 19.9. The molecule has 0 radical (unpaired) electrons. The number of amides is 2. The molecule has 1 aromatic carbocycles. The van der Waals surface area contributed by atoms with Gasteiger partial charge in [-0.25, -0.2) is 0 Å². The minimum Gasteiger partial charge on any atom is -0.363 e. The summed E-state index contributed by atoms with van der Waals surface area (Å²) in [7, 11) is 0. The highest BCUT2D eigenvalue weighted by atomic mass is 16.5. The number of carbonyl (C=O) groups is 3. The highest BCUT2D eigenvalue weighted by molar-refractivity contribution is 5.85. The quantitative estimate of drug-likeness (QED) is 0.313. The molecule has 2 aliphatic rings. The lowest BCUT2D eigenvalue weighted by atomic mass is 9.96. The lowest BCUT2D eigenvalue weighted by molar-refractivity contribution is -0.128. The van der Waals surface area contributed by atoms with Crippen LogP contribution in [0.15, 0.2) is 30.3 Å². The van der Waals surface area contributed by atoms with Gasteiger partial charge in [0.05, 0.1) is 24.9 Å². The van der Waals surface area contributed by atoms with Crippen molar-refractivity contribution in [2.24, 2.45) is 17.8 Å². The van der Waals surface area contributed by atoms with E-state index in [0.29, 0.717) is 44.4 Å². The summed E-state index contributed by atoms with van der Waals surface area (Å²) in [4.78, 5) is 36.3. The monoisotopic (exact) mass is 457 g/mol. The Hall–Kier alpha value is -2.25. The van der Waals surface area contributed by atoms with Crippen LogP contribution in [0.2, 0.25) is 0 Å². The van der Waals surface area contributed by atoms with Crippen LogP contribution < -0.4 is 16.0 Å². The van der Waals surface area contributed by atoms with Gasteiger partial charge in [0.25, 0.3) is 0 Å². The molecule has 2 unspecified atom stereocenters. The number of nitrogens with one attached hydrogen (secondary N) is 3. The molecule has 2 amide bonds. The van der Waals surface area contributed by atoms with Gasteiger partial charge in [-0.15, -0.1) is 0 Å². The Morgan fingerprint density at radius 3 is 2.67 bits per heavy atom. The van der Waals surface area contributed by atoms with Crippen LogP contribution in [-0.4, -0.2) is 49.6 Å². The molecule has 1 aliphatic carbocycles. The van der Waals surface area contributed by atoms with Crippen molar-refractivity contribution in [3.05, 3.63) is 35.9 Å². The Kier molecular flexibility index (Phi) is 9.88. The smallest absolute Gasteiger partial charge is 0.237 e. The number of ether oxygens (including phenoxy) is 1. The third-order valence-electron chi connectivity index (χ3n) is 6.77. The van der Waals surface area contributed by atoms with Gasteiger partial charge in [0, 0.05) is 12.5 Å². The maximum Gasteiger partial charge on any atom is 0.237 e. The Morgan fingerprint density at radius 2 is 2.00 bits per heavy atom. The van der Waals surface area contributed by atoms with Crippen LogP contribution in [0.4, 0.5) is 0 Å². The molecule has 2 fully saturated rings. The number of carbonyl (C=O) groups excluding carboxylic acids is 3. The highest BCUT2D eigenvalue weighted by Gasteiger charge is 2.31. The van der Waals surface area contributed by atoms with E-state index < -0.39 is 12.1 Å². The SMILES string of the molecule is CC(C)C[C@H](NCOC1CCCC1Cc1ccccc1)C(=O)N[C@H](C=O)C[C@@H]1CCNC1=O. The van der Waals surface area contributed by atoms with Gasteiger partial charge in [-0.1, -0.05) is 50.6 Å². The van der Waals surface area contributed by atoms with Gasteiger partial charge in [0.2, 0.25) is 11.8 Å². The zero-order valence-electron chi connectivity index (χ0n) is 19.9. The van der Waals surface area contributed by atoms with Crippen LogP contribution in [0.25, 0.3) is 0 Å². The van der Waals surface area contributed by atoms with Crippen molar-refractivity contribution in [2.75, 3.05) is 13.3 Å². The summed E-state index contributed by atoms with van der Waals surface area (Å²) >= 11 is 0. The Balaban J connectivity index is 1.49. The lowest BCUT2D eigenvalue weighted by Crippen LogP contribution is -2.50. The molecule has 0 aromatic heterocycles. The molecule has 7 nitrogen and oxygen atoms in total. The maximum absolute atomic E-state index is 12.9. The van der Waals surface area contributed by atoms with E-state index >= 15 is 0 Å². The van der Waals surface area contributed by atoms with Gasteiger partial charge >= 0.3 is 0 Å². The fourth-order valence-corrected chi connectivity index (χ4v) is 4.99. The predicted octanol–water partition coefficient (Wildman–Crippen LogP) is 2.59. The Labute approximate surface area is 197 Å². The van der Waals surface area contributed by atoms with Crippen molar-refractivity contribution in [1.29, 1.82) is 0 Å². The minimum atomic E-state index is -0.659.